The maximum atomic E-state index is 5.62. The summed E-state index contributed by atoms with van der Waals surface area (Å²) < 4.78 is 2.08. The summed E-state index contributed by atoms with van der Waals surface area (Å²) in [6.45, 7) is 4.71. The molecule has 3 N–H and O–H groups in total. The van der Waals surface area contributed by atoms with E-state index >= 15 is 0 Å². The summed E-state index contributed by atoms with van der Waals surface area (Å²) in [7, 11) is 2.04. The SMILES string of the molecule is Cl.Cn1ccnc1C1CNCCN1CCN. The van der Waals surface area contributed by atoms with Crippen LogP contribution in [0.25, 0.3) is 0 Å². The van der Waals surface area contributed by atoms with E-state index in [0.29, 0.717) is 12.6 Å². The number of halogens is 1. The number of aryl methyl sites for hydroxylation is 1. The second kappa shape index (κ2) is 6.20. The maximum absolute atomic E-state index is 5.62. The van der Waals surface area contributed by atoms with E-state index in [2.05, 4.69) is 19.8 Å². The molecule has 92 valence electrons. The minimum Gasteiger partial charge on any atom is -0.337 e. The fourth-order valence-electron chi connectivity index (χ4n) is 2.13. The van der Waals surface area contributed by atoms with Gasteiger partial charge >= 0.3 is 0 Å². The van der Waals surface area contributed by atoms with Crippen LogP contribution in [0.2, 0.25) is 0 Å². The van der Waals surface area contributed by atoms with Crippen molar-refractivity contribution in [2.45, 2.75) is 6.04 Å². The molecule has 1 aromatic heterocycles. The van der Waals surface area contributed by atoms with Crippen LogP contribution in [0.4, 0.5) is 0 Å². The van der Waals surface area contributed by atoms with Gasteiger partial charge in [-0.05, 0) is 0 Å². The van der Waals surface area contributed by atoms with Gasteiger partial charge in [-0.2, -0.15) is 0 Å². The Kier molecular flexibility index (Phi) is 5.21. The molecule has 0 radical (unpaired) electrons. The zero-order valence-electron chi connectivity index (χ0n) is 9.59. The Balaban J connectivity index is 0.00000128. The van der Waals surface area contributed by atoms with Gasteiger partial charge in [-0.25, -0.2) is 4.98 Å². The van der Waals surface area contributed by atoms with Crippen LogP contribution in [-0.2, 0) is 7.05 Å². The summed E-state index contributed by atoms with van der Waals surface area (Å²) in [6, 6.07) is 0.363. The van der Waals surface area contributed by atoms with Gasteiger partial charge in [0, 0.05) is 52.2 Å². The monoisotopic (exact) mass is 245 g/mol. The van der Waals surface area contributed by atoms with Gasteiger partial charge in [-0.1, -0.05) is 0 Å². The zero-order valence-corrected chi connectivity index (χ0v) is 10.4. The third-order valence-electron chi connectivity index (χ3n) is 2.93. The van der Waals surface area contributed by atoms with Crippen LogP contribution in [0.3, 0.4) is 0 Å². The molecule has 1 saturated heterocycles. The van der Waals surface area contributed by atoms with Gasteiger partial charge in [0.25, 0.3) is 0 Å². The van der Waals surface area contributed by atoms with Crippen molar-refractivity contribution in [3.8, 4) is 0 Å². The summed E-state index contributed by atoms with van der Waals surface area (Å²) >= 11 is 0. The van der Waals surface area contributed by atoms with E-state index < -0.39 is 0 Å². The van der Waals surface area contributed by atoms with E-state index in [-0.39, 0.29) is 12.4 Å². The third kappa shape index (κ3) is 2.74. The lowest BCUT2D eigenvalue weighted by Gasteiger charge is -2.35. The van der Waals surface area contributed by atoms with Crippen molar-refractivity contribution >= 4 is 12.4 Å². The van der Waals surface area contributed by atoms with Crippen molar-refractivity contribution in [2.75, 3.05) is 32.7 Å². The van der Waals surface area contributed by atoms with E-state index in [1.54, 1.807) is 0 Å². The molecule has 1 aromatic rings. The summed E-state index contributed by atoms with van der Waals surface area (Å²) in [5, 5.41) is 3.40. The van der Waals surface area contributed by atoms with Gasteiger partial charge < -0.3 is 15.6 Å². The number of imidazole rings is 1. The number of piperazine rings is 1. The first-order valence-electron chi connectivity index (χ1n) is 5.45. The molecule has 0 aromatic carbocycles. The Morgan fingerprint density at radius 1 is 1.62 bits per heavy atom. The summed E-state index contributed by atoms with van der Waals surface area (Å²) in [6.07, 6.45) is 3.84. The fourth-order valence-corrected chi connectivity index (χ4v) is 2.13. The van der Waals surface area contributed by atoms with Crippen molar-refractivity contribution in [1.82, 2.24) is 19.8 Å². The average Bonchev–Trinajstić information content (AvgIpc) is 2.66. The van der Waals surface area contributed by atoms with Crippen molar-refractivity contribution in [3.63, 3.8) is 0 Å². The van der Waals surface area contributed by atoms with Crippen molar-refractivity contribution in [2.24, 2.45) is 12.8 Å². The molecule has 1 unspecified atom stereocenters. The quantitative estimate of drug-likeness (QED) is 0.771. The molecule has 2 rings (SSSR count). The van der Waals surface area contributed by atoms with E-state index in [4.69, 9.17) is 5.73 Å². The maximum Gasteiger partial charge on any atom is 0.127 e. The number of aromatic nitrogens is 2. The van der Waals surface area contributed by atoms with Crippen LogP contribution < -0.4 is 11.1 Å². The first-order valence-corrected chi connectivity index (χ1v) is 5.45. The van der Waals surface area contributed by atoms with Gasteiger partial charge in [0.1, 0.15) is 5.82 Å². The molecule has 1 aliphatic rings. The lowest BCUT2D eigenvalue weighted by atomic mass is 10.2. The third-order valence-corrected chi connectivity index (χ3v) is 2.93. The first-order chi connectivity index (χ1) is 7.33. The largest absolute Gasteiger partial charge is 0.337 e. The molecule has 0 bridgehead atoms. The molecule has 2 heterocycles. The minimum atomic E-state index is 0. The predicted octanol–water partition coefficient (Wildman–Crippen LogP) is -0.253. The Bertz CT molecular complexity index is 312. The average molecular weight is 246 g/mol. The molecule has 0 saturated carbocycles. The smallest absolute Gasteiger partial charge is 0.127 e. The second-order valence-corrected chi connectivity index (χ2v) is 3.94. The van der Waals surface area contributed by atoms with Crippen molar-refractivity contribution in [3.05, 3.63) is 18.2 Å². The molecular weight excluding hydrogens is 226 g/mol. The summed E-state index contributed by atoms with van der Waals surface area (Å²) in [5.41, 5.74) is 5.62. The molecular formula is C10H20ClN5. The molecule has 0 aliphatic carbocycles. The van der Waals surface area contributed by atoms with E-state index in [1.165, 1.54) is 0 Å². The van der Waals surface area contributed by atoms with Crippen LogP contribution in [0.5, 0.6) is 0 Å². The molecule has 0 spiro atoms. The topological polar surface area (TPSA) is 59.1 Å². The fraction of sp³-hybridized carbons (Fsp3) is 0.700. The Hall–Kier alpha value is -0.620. The number of rotatable bonds is 3. The number of hydrogen-bond acceptors (Lipinski definition) is 4. The Labute approximate surface area is 102 Å². The highest BCUT2D eigenvalue weighted by Gasteiger charge is 2.25. The van der Waals surface area contributed by atoms with Gasteiger partial charge in [0.15, 0.2) is 0 Å². The zero-order chi connectivity index (χ0) is 10.7. The lowest BCUT2D eigenvalue weighted by molar-refractivity contribution is 0.157. The van der Waals surface area contributed by atoms with Gasteiger partial charge in [0.05, 0.1) is 6.04 Å². The number of nitrogens with one attached hydrogen (secondary N) is 1. The predicted molar refractivity (Wildman–Crippen MR) is 66.7 cm³/mol. The van der Waals surface area contributed by atoms with E-state index in [0.717, 1.165) is 32.0 Å². The molecule has 6 heteroatoms. The lowest BCUT2D eigenvalue weighted by Crippen LogP contribution is -2.48. The normalized spacial score (nSPS) is 21.8. The molecule has 16 heavy (non-hydrogen) atoms. The molecule has 1 fully saturated rings. The van der Waals surface area contributed by atoms with Gasteiger partial charge in [0.2, 0.25) is 0 Å². The number of nitrogens with two attached hydrogens (primary N) is 1. The van der Waals surface area contributed by atoms with Crippen LogP contribution >= 0.6 is 12.4 Å². The van der Waals surface area contributed by atoms with E-state index in [9.17, 15) is 0 Å². The molecule has 0 amide bonds. The van der Waals surface area contributed by atoms with Crippen LogP contribution in [0, 0.1) is 0 Å². The van der Waals surface area contributed by atoms with Crippen LogP contribution in [-0.4, -0.2) is 47.2 Å². The first kappa shape index (κ1) is 13.4. The highest BCUT2D eigenvalue weighted by atomic mass is 35.5. The van der Waals surface area contributed by atoms with Crippen LogP contribution in [0.1, 0.15) is 11.9 Å². The second-order valence-electron chi connectivity index (χ2n) is 3.94. The van der Waals surface area contributed by atoms with Crippen molar-refractivity contribution < 1.29 is 0 Å². The summed E-state index contributed by atoms with van der Waals surface area (Å²) in [4.78, 5) is 6.81. The van der Waals surface area contributed by atoms with Crippen molar-refractivity contribution in [1.29, 1.82) is 0 Å². The number of nitrogens with zero attached hydrogens (tertiary/aromatic N) is 3. The van der Waals surface area contributed by atoms with Gasteiger partial charge in [-0.15, -0.1) is 12.4 Å². The number of hydrogen-bond donors (Lipinski definition) is 2. The minimum absolute atomic E-state index is 0. The van der Waals surface area contributed by atoms with Crippen LogP contribution in [0.15, 0.2) is 12.4 Å². The Morgan fingerprint density at radius 2 is 2.44 bits per heavy atom. The Morgan fingerprint density at radius 3 is 3.06 bits per heavy atom. The molecule has 1 atom stereocenters. The highest BCUT2D eigenvalue weighted by Crippen LogP contribution is 2.19. The van der Waals surface area contributed by atoms with E-state index in [1.807, 2.05) is 19.4 Å². The molecule has 5 nitrogen and oxygen atoms in total. The van der Waals surface area contributed by atoms with Gasteiger partial charge in [-0.3, -0.25) is 4.90 Å². The highest BCUT2D eigenvalue weighted by molar-refractivity contribution is 5.85. The molecule has 1 aliphatic heterocycles. The standard InChI is InChI=1S/C10H19N5.ClH/c1-14-6-4-13-10(14)9-8-12-3-7-15(9)5-2-11;/h4,6,9,12H,2-3,5,7-8,11H2,1H3;1H. The summed E-state index contributed by atoms with van der Waals surface area (Å²) in [5.74, 6) is 1.12.